The summed E-state index contributed by atoms with van der Waals surface area (Å²) in [5, 5.41) is 11.4. The number of rotatable bonds is 11. The molecule has 8 heteroatoms. The van der Waals surface area contributed by atoms with Crippen LogP contribution in [0.4, 0.5) is 17.1 Å². The van der Waals surface area contributed by atoms with E-state index < -0.39 is 0 Å². The van der Waals surface area contributed by atoms with Gasteiger partial charge < -0.3 is 26.0 Å². The molecule has 30 heavy (non-hydrogen) atoms. The van der Waals surface area contributed by atoms with Gasteiger partial charge >= 0.3 is 0 Å². The Balaban J connectivity index is 1.82. The highest BCUT2D eigenvalue weighted by Crippen LogP contribution is 2.15. The van der Waals surface area contributed by atoms with Gasteiger partial charge in [0.2, 0.25) is 11.8 Å². The van der Waals surface area contributed by atoms with E-state index in [1.54, 1.807) is 49.6 Å². The molecule has 0 aliphatic carbocycles. The van der Waals surface area contributed by atoms with Crippen LogP contribution in [0.3, 0.4) is 0 Å². The van der Waals surface area contributed by atoms with Crippen molar-refractivity contribution in [2.75, 3.05) is 42.8 Å². The number of carbonyl (C=O) groups excluding carboxylic acids is 3. The molecule has 0 aliphatic heterocycles. The van der Waals surface area contributed by atoms with Gasteiger partial charge in [-0.25, -0.2) is 0 Å². The van der Waals surface area contributed by atoms with Gasteiger partial charge in [0, 0.05) is 42.7 Å². The van der Waals surface area contributed by atoms with Crippen molar-refractivity contribution in [1.29, 1.82) is 0 Å². The quantitative estimate of drug-likeness (QED) is 0.425. The van der Waals surface area contributed by atoms with Crippen molar-refractivity contribution in [3.8, 4) is 0 Å². The second-order valence-corrected chi connectivity index (χ2v) is 6.61. The van der Waals surface area contributed by atoms with E-state index in [2.05, 4.69) is 21.3 Å². The van der Waals surface area contributed by atoms with Crippen LogP contribution in [0.1, 0.15) is 30.1 Å². The Labute approximate surface area is 176 Å². The third-order valence-electron chi connectivity index (χ3n) is 4.10. The Bertz CT molecular complexity index is 852. The van der Waals surface area contributed by atoms with Crippen LogP contribution in [0.5, 0.6) is 0 Å². The molecule has 3 amide bonds. The summed E-state index contributed by atoms with van der Waals surface area (Å²) in [6.07, 6.45) is 1.25. The Morgan fingerprint density at radius 2 is 1.60 bits per heavy atom. The molecule has 2 rings (SSSR count). The Morgan fingerprint density at radius 1 is 0.900 bits per heavy atom. The number of ether oxygens (including phenoxy) is 1. The van der Waals surface area contributed by atoms with Crippen molar-refractivity contribution in [2.24, 2.45) is 0 Å². The lowest BCUT2D eigenvalue weighted by Crippen LogP contribution is -2.27. The first-order valence-corrected chi connectivity index (χ1v) is 9.82. The molecule has 0 bridgehead atoms. The molecule has 4 N–H and O–H groups in total. The SMILES string of the molecule is CCCC(=O)Nc1cccc(NCC(=O)Nc2ccc(C(=O)NCCOC)cc2)c1. The van der Waals surface area contributed by atoms with Crippen LogP contribution in [-0.2, 0) is 14.3 Å². The van der Waals surface area contributed by atoms with E-state index >= 15 is 0 Å². The average Bonchev–Trinajstić information content (AvgIpc) is 2.73. The fraction of sp³-hybridized carbons (Fsp3) is 0.318. The highest BCUT2D eigenvalue weighted by Gasteiger charge is 2.07. The van der Waals surface area contributed by atoms with Gasteiger partial charge in [0.15, 0.2) is 0 Å². The third-order valence-corrected chi connectivity index (χ3v) is 4.10. The molecular weight excluding hydrogens is 384 g/mol. The van der Waals surface area contributed by atoms with Crippen molar-refractivity contribution in [3.05, 3.63) is 54.1 Å². The largest absolute Gasteiger partial charge is 0.383 e. The fourth-order valence-corrected chi connectivity index (χ4v) is 2.62. The molecule has 0 heterocycles. The van der Waals surface area contributed by atoms with Gasteiger partial charge in [-0.1, -0.05) is 13.0 Å². The molecular formula is C22H28N4O4. The molecule has 0 spiro atoms. The average molecular weight is 412 g/mol. The first-order valence-electron chi connectivity index (χ1n) is 9.82. The van der Waals surface area contributed by atoms with Crippen LogP contribution in [0.15, 0.2) is 48.5 Å². The molecule has 0 aromatic heterocycles. The number of anilines is 3. The van der Waals surface area contributed by atoms with Gasteiger partial charge in [0.1, 0.15) is 0 Å². The summed E-state index contributed by atoms with van der Waals surface area (Å²) in [6, 6.07) is 13.8. The molecule has 8 nitrogen and oxygen atoms in total. The van der Waals surface area contributed by atoms with E-state index in [1.807, 2.05) is 13.0 Å². The standard InChI is InChI=1S/C22H28N4O4/c1-3-5-20(27)26-19-7-4-6-18(14-19)24-15-21(28)25-17-10-8-16(9-11-17)22(29)23-12-13-30-2/h4,6-11,14,24H,3,5,12-13,15H2,1-2H3,(H,23,29)(H,25,28)(H,26,27). The number of carbonyl (C=O) groups is 3. The Hall–Kier alpha value is -3.39. The number of methoxy groups -OCH3 is 1. The number of amides is 3. The van der Waals surface area contributed by atoms with Crippen molar-refractivity contribution in [2.45, 2.75) is 19.8 Å². The minimum Gasteiger partial charge on any atom is -0.383 e. The predicted molar refractivity (Wildman–Crippen MR) is 118 cm³/mol. The second kappa shape index (κ2) is 12.2. The van der Waals surface area contributed by atoms with E-state index in [0.29, 0.717) is 36.5 Å². The molecule has 0 radical (unpaired) electrons. The molecule has 0 fully saturated rings. The van der Waals surface area contributed by atoms with Crippen LogP contribution in [0.2, 0.25) is 0 Å². The van der Waals surface area contributed by atoms with Crippen molar-refractivity contribution in [1.82, 2.24) is 5.32 Å². The fourth-order valence-electron chi connectivity index (χ4n) is 2.62. The topological polar surface area (TPSA) is 109 Å². The van der Waals surface area contributed by atoms with Gasteiger partial charge in [-0.05, 0) is 48.9 Å². The van der Waals surface area contributed by atoms with E-state index in [1.165, 1.54) is 0 Å². The summed E-state index contributed by atoms with van der Waals surface area (Å²) in [4.78, 5) is 35.8. The summed E-state index contributed by atoms with van der Waals surface area (Å²) in [5.41, 5.74) is 2.50. The summed E-state index contributed by atoms with van der Waals surface area (Å²) < 4.78 is 4.89. The Kier molecular flexibility index (Phi) is 9.33. The number of nitrogens with one attached hydrogen (secondary N) is 4. The molecule has 0 saturated carbocycles. The van der Waals surface area contributed by atoms with Crippen molar-refractivity contribution in [3.63, 3.8) is 0 Å². The smallest absolute Gasteiger partial charge is 0.251 e. The maximum Gasteiger partial charge on any atom is 0.251 e. The highest BCUT2D eigenvalue weighted by molar-refractivity contribution is 5.97. The first kappa shape index (κ1) is 22.9. The summed E-state index contributed by atoms with van der Waals surface area (Å²) in [5.74, 6) is -0.464. The van der Waals surface area contributed by atoms with Gasteiger partial charge in [0.25, 0.3) is 5.91 Å². The van der Waals surface area contributed by atoms with Crippen LogP contribution in [0.25, 0.3) is 0 Å². The summed E-state index contributed by atoms with van der Waals surface area (Å²) in [6.45, 7) is 2.89. The molecule has 2 aromatic carbocycles. The summed E-state index contributed by atoms with van der Waals surface area (Å²) >= 11 is 0. The van der Waals surface area contributed by atoms with Crippen LogP contribution >= 0.6 is 0 Å². The minimum absolute atomic E-state index is 0.0387. The van der Waals surface area contributed by atoms with Crippen LogP contribution in [-0.4, -0.2) is 44.5 Å². The van der Waals surface area contributed by atoms with E-state index in [-0.39, 0.29) is 24.3 Å². The normalized spacial score (nSPS) is 10.2. The zero-order chi connectivity index (χ0) is 21.8. The zero-order valence-electron chi connectivity index (χ0n) is 17.3. The highest BCUT2D eigenvalue weighted by atomic mass is 16.5. The van der Waals surface area contributed by atoms with Gasteiger partial charge in [-0.15, -0.1) is 0 Å². The minimum atomic E-state index is -0.229. The first-order chi connectivity index (χ1) is 14.5. The number of hydrogen-bond acceptors (Lipinski definition) is 5. The second-order valence-electron chi connectivity index (χ2n) is 6.61. The molecule has 2 aromatic rings. The molecule has 0 unspecified atom stereocenters. The van der Waals surface area contributed by atoms with E-state index in [9.17, 15) is 14.4 Å². The van der Waals surface area contributed by atoms with Gasteiger partial charge in [-0.2, -0.15) is 0 Å². The maximum atomic E-state index is 12.2. The Morgan fingerprint density at radius 3 is 2.30 bits per heavy atom. The molecule has 0 aliphatic rings. The molecule has 0 atom stereocenters. The maximum absolute atomic E-state index is 12.2. The number of benzene rings is 2. The summed E-state index contributed by atoms with van der Waals surface area (Å²) in [7, 11) is 1.57. The number of hydrogen-bond donors (Lipinski definition) is 4. The van der Waals surface area contributed by atoms with Gasteiger partial charge in [0.05, 0.1) is 13.2 Å². The molecule has 0 saturated heterocycles. The van der Waals surface area contributed by atoms with Crippen LogP contribution < -0.4 is 21.3 Å². The lowest BCUT2D eigenvalue weighted by atomic mass is 10.2. The van der Waals surface area contributed by atoms with E-state index in [4.69, 9.17) is 4.74 Å². The molecule has 160 valence electrons. The van der Waals surface area contributed by atoms with E-state index in [0.717, 1.165) is 12.1 Å². The van der Waals surface area contributed by atoms with Crippen molar-refractivity contribution >= 4 is 34.8 Å². The monoisotopic (exact) mass is 412 g/mol. The van der Waals surface area contributed by atoms with Crippen LogP contribution in [0, 0.1) is 0 Å². The van der Waals surface area contributed by atoms with Gasteiger partial charge in [-0.3, -0.25) is 14.4 Å². The third kappa shape index (κ3) is 7.92. The predicted octanol–water partition coefficient (Wildman–Crippen LogP) is 2.85. The lowest BCUT2D eigenvalue weighted by molar-refractivity contribution is -0.116. The van der Waals surface area contributed by atoms with Crippen molar-refractivity contribution < 1.29 is 19.1 Å². The lowest BCUT2D eigenvalue weighted by Gasteiger charge is -2.10. The zero-order valence-corrected chi connectivity index (χ0v) is 17.3.